The number of pyridine rings is 1. The van der Waals surface area contributed by atoms with Crippen molar-refractivity contribution in [3.8, 4) is 11.3 Å². The van der Waals surface area contributed by atoms with Gasteiger partial charge in [0, 0.05) is 23.6 Å². The molecule has 1 N–H and O–H groups in total. The van der Waals surface area contributed by atoms with Crippen LogP contribution in [0.1, 0.15) is 19.7 Å². The Bertz CT molecular complexity index is 1180. The molecular formula is C20H23ClIN6PS. The molecule has 3 aromatic heterocycles. The summed E-state index contributed by atoms with van der Waals surface area (Å²) in [5.74, 6) is 0.928. The van der Waals surface area contributed by atoms with Crippen LogP contribution >= 0.6 is 51.8 Å². The first-order valence-corrected chi connectivity index (χ1v) is 15.0. The zero-order valence-electron chi connectivity index (χ0n) is 17.4. The Morgan fingerprint density at radius 3 is 2.57 bits per heavy atom. The minimum Gasteiger partial charge on any atom is -0.353 e. The second-order valence-electron chi connectivity index (χ2n) is 6.17. The molecule has 0 saturated heterocycles. The molecule has 0 spiro atoms. The third-order valence-electron chi connectivity index (χ3n) is 4.42. The van der Waals surface area contributed by atoms with Gasteiger partial charge in [-0.3, -0.25) is 4.34 Å². The smallest absolute Gasteiger partial charge is 0.167 e. The van der Waals surface area contributed by atoms with Crippen molar-refractivity contribution in [1.29, 1.82) is 0 Å². The fourth-order valence-corrected chi connectivity index (χ4v) is 5.97. The Kier molecular flexibility index (Phi) is 8.01. The van der Waals surface area contributed by atoms with Gasteiger partial charge < -0.3 is 9.88 Å². The number of nitrogens with one attached hydrogen (secondary N) is 1. The first kappa shape index (κ1) is 23.3. The van der Waals surface area contributed by atoms with Gasteiger partial charge in [-0.2, -0.15) is 0 Å². The molecule has 10 heteroatoms. The van der Waals surface area contributed by atoms with Crippen molar-refractivity contribution in [3.63, 3.8) is 0 Å². The van der Waals surface area contributed by atoms with Crippen LogP contribution in [-0.4, -0.2) is 30.1 Å². The monoisotopic (exact) mass is 572 g/mol. The maximum absolute atomic E-state index is 6.31. The second kappa shape index (κ2) is 10.3. The Morgan fingerprint density at radius 2 is 1.93 bits per heavy atom. The Morgan fingerprint density at radius 1 is 1.17 bits per heavy atom. The lowest BCUT2D eigenvalue weighted by Gasteiger charge is -2.13. The topological polar surface area (TPSA) is 60.6 Å². The van der Waals surface area contributed by atoms with Gasteiger partial charge in [-0.1, -0.05) is 31.5 Å². The minimum absolute atomic E-state index is 0.447. The fraction of sp³-hybridized carbons (Fsp3) is 0.250. The second-order valence-corrected chi connectivity index (χ2v) is 9.47. The molecule has 6 nitrogen and oxygen atoms in total. The van der Waals surface area contributed by atoms with Crippen LogP contribution in [-0.2, 0) is 7.05 Å². The standard InChI is InChI=1S/C18H17ClIN6PS.C2H6/c1-10-22-17-13(7-16(19)24-18(17)26(10)27-20)23-12-5-4-11(6-15(12)28-3)14-8-21-9-25(14)2;1-2/h4-9,27H,1-3H3,(H,23,24);1-2H3. The summed E-state index contributed by atoms with van der Waals surface area (Å²) in [5, 5.41) is 3.96. The van der Waals surface area contributed by atoms with E-state index in [9.17, 15) is 0 Å². The van der Waals surface area contributed by atoms with Gasteiger partial charge in [0.1, 0.15) is 16.5 Å². The lowest BCUT2D eigenvalue weighted by Crippen LogP contribution is -1.97. The summed E-state index contributed by atoms with van der Waals surface area (Å²) in [6.45, 7) is 5.99. The first-order chi connectivity index (χ1) is 14.5. The van der Waals surface area contributed by atoms with Crippen LogP contribution in [0.25, 0.3) is 22.4 Å². The van der Waals surface area contributed by atoms with E-state index in [1.54, 1.807) is 11.8 Å². The number of rotatable bonds is 5. The Balaban J connectivity index is 0.00000124. The number of hydrogen-bond acceptors (Lipinski definition) is 5. The average molecular weight is 573 g/mol. The van der Waals surface area contributed by atoms with Gasteiger partial charge in [0.15, 0.2) is 5.65 Å². The van der Waals surface area contributed by atoms with Crippen molar-refractivity contribution in [2.24, 2.45) is 7.05 Å². The van der Waals surface area contributed by atoms with Gasteiger partial charge in [-0.15, -0.1) is 11.8 Å². The predicted molar refractivity (Wildman–Crippen MR) is 140 cm³/mol. The number of thioether (sulfide) groups is 1. The summed E-state index contributed by atoms with van der Waals surface area (Å²) < 4.78 is 4.09. The highest BCUT2D eigenvalue weighted by atomic mass is 127. The fourth-order valence-electron chi connectivity index (χ4n) is 3.06. The maximum atomic E-state index is 6.31. The predicted octanol–water partition coefficient (Wildman–Crippen LogP) is 7.08. The number of fused-ring (bicyclic) bond motifs is 1. The van der Waals surface area contributed by atoms with Gasteiger partial charge >= 0.3 is 0 Å². The van der Waals surface area contributed by atoms with E-state index in [2.05, 4.69) is 66.1 Å². The molecule has 0 fully saturated rings. The third kappa shape index (κ3) is 4.61. The van der Waals surface area contributed by atoms with E-state index in [-0.39, 0.29) is 0 Å². The molecule has 0 saturated carbocycles. The van der Waals surface area contributed by atoms with E-state index in [1.807, 2.05) is 51.0 Å². The molecule has 158 valence electrons. The molecule has 0 aliphatic rings. The molecule has 0 bridgehead atoms. The van der Waals surface area contributed by atoms with Crippen LogP contribution in [0.5, 0.6) is 0 Å². The molecule has 1 atom stereocenters. The highest BCUT2D eigenvalue weighted by molar-refractivity contribution is 14.2. The summed E-state index contributed by atoms with van der Waals surface area (Å²) in [5.41, 5.74) is 5.69. The molecule has 1 unspecified atom stereocenters. The maximum Gasteiger partial charge on any atom is 0.167 e. The summed E-state index contributed by atoms with van der Waals surface area (Å²) >= 11 is 10.3. The van der Waals surface area contributed by atoms with Crippen LogP contribution in [0.2, 0.25) is 5.15 Å². The highest BCUT2D eigenvalue weighted by Gasteiger charge is 2.15. The number of anilines is 2. The zero-order chi connectivity index (χ0) is 21.8. The molecule has 0 amide bonds. The van der Waals surface area contributed by atoms with Crippen molar-refractivity contribution < 1.29 is 0 Å². The number of imidazole rings is 2. The Hall–Kier alpha value is -1.35. The summed E-state index contributed by atoms with van der Waals surface area (Å²) in [7, 11) is 2.00. The summed E-state index contributed by atoms with van der Waals surface area (Å²) in [4.78, 5) is 14.5. The largest absolute Gasteiger partial charge is 0.353 e. The molecule has 0 radical (unpaired) electrons. The minimum atomic E-state index is 0.447. The third-order valence-corrected chi connectivity index (χ3v) is 7.54. The summed E-state index contributed by atoms with van der Waals surface area (Å²) in [6, 6.07) is 8.17. The van der Waals surface area contributed by atoms with E-state index in [0.29, 0.717) is 11.5 Å². The number of benzene rings is 1. The van der Waals surface area contributed by atoms with Crippen LogP contribution < -0.4 is 5.32 Å². The van der Waals surface area contributed by atoms with Crippen molar-refractivity contribution in [2.45, 2.75) is 25.7 Å². The molecule has 0 aliphatic carbocycles. The lowest BCUT2D eigenvalue weighted by molar-refractivity contribution is 0.921. The van der Waals surface area contributed by atoms with E-state index >= 15 is 0 Å². The molecule has 1 aromatic carbocycles. The quantitative estimate of drug-likeness (QED) is 0.120. The van der Waals surface area contributed by atoms with E-state index in [1.165, 1.54) is 0 Å². The molecule has 4 aromatic rings. The van der Waals surface area contributed by atoms with E-state index in [4.69, 9.17) is 16.6 Å². The van der Waals surface area contributed by atoms with Crippen molar-refractivity contribution in [2.75, 3.05) is 11.6 Å². The average Bonchev–Trinajstić information content (AvgIpc) is 3.32. The van der Waals surface area contributed by atoms with E-state index in [0.717, 1.165) is 44.5 Å². The van der Waals surface area contributed by atoms with Gasteiger partial charge in [0.2, 0.25) is 0 Å². The van der Waals surface area contributed by atoms with Gasteiger partial charge in [-0.25, -0.2) is 15.0 Å². The van der Waals surface area contributed by atoms with Crippen molar-refractivity contribution in [1.82, 2.24) is 23.9 Å². The van der Waals surface area contributed by atoms with Gasteiger partial charge in [0.25, 0.3) is 0 Å². The van der Waals surface area contributed by atoms with Crippen LogP contribution in [0.15, 0.2) is 41.7 Å². The number of nitrogens with zero attached hydrogens (tertiary/aromatic N) is 5. The normalized spacial score (nSPS) is 11.2. The summed E-state index contributed by atoms with van der Waals surface area (Å²) in [6.07, 6.45) is 6.26. The number of halogens is 2. The number of aryl methyl sites for hydroxylation is 2. The zero-order valence-corrected chi connectivity index (χ0v) is 22.1. The lowest BCUT2D eigenvalue weighted by atomic mass is 10.1. The van der Waals surface area contributed by atoms with Crippen LogP contribution in [0, 0.1) is 6.92 Å². The highest BCUT2D eigenvalue weighted by Crippen LogP contribution is 2.37. The molecule has 4 rings (SSSR count). The van der Waals surface area contributed by atoms with Gasteiger partial charge in [-0.05, 0) is 47.4 Å². The van der Waals surface area contributed by atoms with Gasteiger partial charge in [0.05, 0.1) is 36.0 Å². The molecule has 30 heavy (non-hydrogen) atoms. The number of hydrogen-bond donors (Lipinski definition) is 1. The van der Waals surface area contributed by atoms with Crippen LogP contribution in [0.3, 0.4) is 0 Å². The molecule has 3 heterocycles. The first-order valence-electron chi connectivity index (χ1n) is 9.36. The van der Waals surface area contributed by atoms with E-state index < -0.39 is 0 Å². The number of aromatic nitrogens is 5. The SMILES string of the molecule is CC.CSc1cc(-c2cncn2C)ccc1Nc1cc(Cl)nc2c1nc(C)n2PI. The van der Waals surface area contributed by atoms with Crippen molar-refractivity contribution >= 4 is 74.3 Å². The molecule has 0 aliphatic heterocycles. The molecular weight excluding hydrogens is 550 g/mol. The van der Waals surface area contributed by atoms with Crippen LogP contribution in [0.4, 0.5) is 11.4 Å². The Labute approximate surface area is 200 Å². The van der Waals surface area contributed by atoms with Crippen molar-refractivity contribution in [3.05, 3.63) is 47.8 Å².